The van der Waals surface area contributed by atoms with Crippen molar-refractivity contribution in [3.63, 3.8) is 0 Å². The van der Waals surface area contributed by atoms with Crippen LogP contribution in [-0.2, 0) is 26.2 Å². The highest BCUT2D eigenvalue weighted by Crippen LogP contribution is 2.33. The number of imidazole rings is 1. The molecule has 0 fully saturated rings. The maximum Gasteiger partial charge on any atom is 0.231 e. The van der Waals surface area contributed by atoms with Gasteiger partial charge >= 0.3 is 0 Å². The predicted molar refractivity (Wildman–Crippen MR) is 140 cm³/mol. The molecule has 192 valence electrons. The van der Waals surface area contributed by atoms with Crippen molar-refractivity contribution in [3.05, 3.63) is 109 Å². The lowest BCUT2D eigenvalue weighted by atomic mass is 10.1. The molecule has 0 saturated heterocycles. The summed E-state index contributed by atoms with van der Waals surface area (Å²) in [6.07, 6.45) is 9.34. The molecule has 8 heteroatoms. The van der Waals surface area contributed by atoms with Crippen LogP contribution < -0.4 is 18.9 Å². The van der Waals surface area contributed by atoms with Gasteiger partial charge in [-0.3, -0.25) is 0 Å². The van der Waals surface area contributed by atoms with E-state index >= 15 is 0 Å². The normalized spacial score (nSPS) is 12.0. The monoisotopic (exact) mass is 509 g/mol. The third-order valence-electron chi connectivity index (χ3n) is 6.25. The smallest absolute Gasteiger partial charge is 0.231 e. The molecule has 8 nitrogen and oxygen atoms in total. The standard InChI is InChI=1S/C30H27N3O5/c1(14-33-15-13-31-20-33)2-22-3-8-26(9-4-22)35-18-25-19-36-30(32-25)24-6-10-27(11-7-24)34-17-23-5-12-28-29(16-23)38-21-37-28/h3-13,15-16,19-20H,1-2,14,17-18,21H2. The zero-order valence-corrected chi connectivity index (χ0v) is 20.8. The number of aromatic nitrogens is 3. The molecule has 0 N–H and O–H groups in total. The average Bonchev–Trinajstić information content (AvgIpc) is 3.74. The van der Waals surface area contributed by atoms with Gasteiger partial charge in [0.2, 0.25) is 12.7 Å². The van der Waals surface area contributed by atoms with Crippen LogP contribution in [0.3, 0.4) is 0 Å². The molecule has 0 atom stereocenters. The number of aryl methyl sites for hydroxylation is 2. The van der Waals surface area contributed by atoms with E-state index in [1.165, 1.54) is 5.56 Å². The van der Waals surface area contributed by atoms with Crippen molar-refractivity contribution in [3.8, 4) is 34.5 Å². The Balaban J connectivity index is 0.972. The lowest BCUT2D eigenvalue weighted by Gasteiger charge is -2.07. The second kappa shape index (κ2) is 11.1. The predicted octanol–water partition coefficient (Wildman–Crippen LogP) is 6.06. The van der Waals surface area contributed by atoms with Crippen molar-refractivity contribution in [1.29, 1.82) is 0 Å². The zero-order chi connectivity index (χ0) is 25.6. The number of nitrogens with zero attached hydrogens (tertiary/aromatic N) is 3. The number of hydrogen-bond donors (Lipinski definition) is 0. The van der Waals surface area contributed by atoms with Crippen LogP contribution in [0.1, 0.15) is 23.2 Å². The summed E-state index contributed by atoms with van der Waals surface area (Å²) in [4.78, 5) is 8.64. The summed E-state index contributed by atoms with van der Waals surface area (Å²) in [5, 5.41) is 0. The van der Waals surface area contributed by atoms with Crippen LogP contribution in [0.25, 0.3) is 11.5 Å². The van der Waals surface area contributed by atoms with E-state index in [-0.39, 0.29) is 6.79 Å². The summed E-state index contributed by atoms with van der Waals surface area (Å²) in [5.74, 6) is 3.61. The molecule has 0 bridgehead atoms. The van der Waals surface area contributed by atoms with E-state index in [0.29, 0.717) is 19.1 Å². The first-order valence-corrected chi connectivity index (χ1v) is 12.5. The molecular formula is C30H27N3O5. The van der Waals surface area contributed by atoms with Gasteiger partial charge in [0.25, 0.3) is 0 Å². The Kier molecular flexibility index (Phi) is 6.93. The third-order valence-corrected chi connectivity index (χ3v) is 6.25. The first-order valence-electron chi connectivity index (χ1n) is 12.5. The van der Waals surface area contributed by atoms with Gasteiger partial charge in [-0.15, -0.1) is 0 Å². The molecule has 3 aromatic carbocycles. The van der Waals surface area contributed by atoms with Crippen LogP contribution in [0.4, 0.5) is 0 Å². The number of fused-ring (bicyclic) bond motifs is 1. The summed E-state index contributed by atoms with van der Waals surface area (Å²) in [5.41, 5.74) is 3.89. The van der Waals surface area contributed by atoms with Gasteiger partial charge in [-0.05, 0) is 72.5 Å². The van der Waals surface area contributed by atoms with Gasteiger partial charge in [-0.25, -0.2) is 9.97 Å². The van der Waals surface area contributed by atoms with E-state index in [4.69, 9.17) is 23.4 Å². The SMILES string of the molecule is c1cn(CCCc2ccc(OCc3coc(-c4ccc(OCc5ccc6c(c5)OCO6)cc4)n3)cc2)cn1. The second-order valence-corrected chi connectivity index (χ2v) is 8.98. The lowest BCUT2D eigenvalue weighted by Crippen LogP contribution is -1.98. The molecule has 0 unspecified atom stereocenters. The van der Waals surface area contributed by atoms with Crippen molar-refractivity contribution in [2.45, 2.75) is 32.6 Å². The Bertz CT molecular complexity index is 1460. The van der Waals surface area contributed by atoms with E-state index in [0.717, 1.165) is 59.2 Å². The van der Waals surface area contributed by atoms with E-state index in [1.807, 2.05) is 67.1 Å². The highest BCUT2D eigenvalue weighted by molar-refractivity contribution is 5.54. The van der Waals surface area contributed by atoms with Gasteiger partial charge in [-0.1, -0.05) is 18.2 Å². The van der Waals surface area contributed by atoms with Gasteiger partial charge in [-0.2, -0.15) is 0 Å². The van der Waals surface area contributed by atoms with E-state index in [1.54, 1.807) is 12.5 Å². The largest absolute Gasteiger partial charge is 0.489 e. The minimum atomic E-state index is 0.261. The van der Waals surface area contributed by atoms with Crippen molar-refractivity contribution < 1.29 is 23.4 Å². The Hall–Kier alpha value is -4.72. The highest BCUT2D eigenvalue weighted by Gasteiger charge is 2.13. The summed E-state index contributed by atoms with van der Waals surface area (Å²) in [7, 11) is 0. The molecule has 6 rings (SSSR count). The Morgan fingerprint density at radius 2 is 1.58 bits per heavy atom. The van der Waals surface area contributed by atoms with Crippen LogP contribution in [0.2, 0.25) is 0 Å². The molecule has 0 saturated carbocycles. The lowest BCUT2D eigenvalue weighted by molar-refractivity contribution is 0.174. The van der Waals surface area contributed by atoms with Gasteiger partial charge in [0.1, 0.15) is 36.7 Å². The van der Waals surface area contributed by atoms with Crippen LogP contribution in [0.15, 0.2) is 96.1 Å². The molecule has 0 amide bonds. The average molecular weight is 510 g/mol. The highest BCUT2D eigenvalue weighted by atomic mass is 16.7. The number of ether oxygens (including phenoxy) is 4. The van der Waals surface area contributed by atoms with Crippen molar-refractivity contribution in [2.24, 2.45) is 0 Å². The Morgan fingerprint density at radius 1 is 0.816 bits per heavy atom. The zero-order valence-electron chi connectivity index (χ0n) is 20.8. The Morgan fingerprint density at radius 3 is 2.39 bits per heavy atom. The molecule has 3 heterocycles. The molecular weight excluding hydrogens is 482 g/mol. The molecule has 5 aromatic rings. The molecule has 0 spiro atoms. The third kappa shape index (κ3) is 5.81. The van der Waals surface area contributed by atoms with Crippen LogP contribution in [0.5, 0.6) is 23.0 Å². The number of oxazole rings is 1. The fraction of sp³-hybridized carbons (Fsp3) is 0.200. The Labute approximate surface area is 220 Å². The first kappa shape index (κ1) is 23.7. The summed E-state index contributed by atoms with van der Waals surface area (Å²) in [6, 6.07) is 21.7. The summed E-state index contributed by atoms with van der Waals surface area (Å²) in [6.45, 7) is 1.99. The van der Waals surface area contributed by atoms with Gasteiger partial charge in [0.15, 0.2) is 11.5 Å². The maximum atomic E-state index is 5.91. The number of rotatable bonds is 11. The van der Waals surface area contributed by atoms with Crippen LogP contribution in [0, 0.1) is 0 Å². The number of benzene rings is 3. The molecule has 0 radical (unpaired) electrons. The van der Waals surface area contributed by atoms with E-state index < -0.39 is 0 Å². The topological polar surface area (TPSA) is 80.8 Å². The fourth-order valence-corrected chi connectivity index (χ4v) is 4.19. The summed E-state index contributed by atoms with van der Waals surface area (Å²) >= 11 is 0. The van der Waals surface area contributed by atoms with Gasteiger partial charge in [0.05, 0.1) is 6.33 Å². The van der Waals surface area contributed by atoms with E-state index in [9.17, 15) is 0 Å². The van der Waals surface area contributed by atoms with E-state index in [2.05, 4.69) is 26.7 Å². The second-order valence-electron chi connectivity index (χ2n) is 8.98. The van der Waals surface area contributed by atoms with Crippen molar-refractivity contribution in [1.82, 2.24) is 14.5 Å². The minimum absolute atomic E-state index is 0.261. The number of hydrogen-bond acceptors (Lipinski definition) is 7. The van der Waals surface area contributed by atoms with Crippen molar-refractivity contribution >= 4 is 0 Å². The first-order chi connectivity index (χ1) is 18.8. The van der Waals surface area contributed by atoms with Crippen molar-refractivity contribution in [2.75, 3.05) is 6.79 Å². The van der Waals surface area contributed by atoms with Crippen LogP contribution in [-0.4, -0.2) is 21.3 Å². The minimum Gasteiger partial charge on any atom is -0.489 e. The molecule has 2 aromatic heterocycles. The maximum absolute atomic E-state index is 5.91. The van der Waals surface area contributed by atoms with Gasteiger partial charge in [0, 0.05) is 24.5 Å². The molecule has 1 aliphatic heterocycles. The van der Waals surface area contributed by atoms with Gasteiger partial charge < -0.3 is 27.9 Å². The van der Waals surface area contributed by atoms with Crippen LogP contribution >= 0.6 is 0 Å². The molecule has 1 aliphatic rings. The fourth-order valence-electron chi connectivity index (χ4n) is 4.19. The summed E-state index contributed by atoms with van der Waals surface area (Å²) < 4.78 is 30.4. The molecule has 0 aliphatic carbocycles. The molecule has 38 heavy (non-hydrogen) atoms. The quantitative estimate of drug-likeness (QED) is 0.214.